The molecule has 9 heteroatoms. The Bertz CT molecular complexity index is 1450. The van der Waals surface area contributed by atoms with Crippen molar-refractivity contribution in [2.24, 2.45) is 4.99 Å². The molecule has 2 aromatic heterocycles. The molecule has 0 radical (unpaired) electrons. The van der Waals surface area contributed by atoms with Crippen molar-refractivity contribution in [1.29, 1.82) is 0 Å². The van der Waals surface area contributed by atoms with Crippen molar-refractivity contribution in [2.45, 2.75) is 38.8 Å². The standard InChI is InChI=1S/C28H23BrCl2N2O3S/c29-22-12-17(7-10-24(22)36-16-18-8-9-19(30)13-23(18)31)14-33-28-26(21-5-1-2-6-25(21)37-28)27(34)32-15-20-4-3-11-35-20/h3-4,7-14H,1-2,5-6,15-16H2,(H,32,34). The van der Waals surface area contributed by atoms with Crippen molar-refractivity contribution < 1.29 is 13.9 Å². The van der Waals surface area contributed by atoms with Gasteiger partial charge in [-0.3, -0.25) is 4.79 Å². The van der Waals surface area contributed by atoms with Crippen molar-refractivity contribution in [3.63, 3.8) is 0 Å². The molecule has 5 nitrogen and oxygen atoms in total. The summed E-state index contributed by atoms with van der Waals surface area (Å²) >= 11 is 17.4. The first kappa shape index (κ1) is 26.0. The first-order valence-electron chi connectivity index (χ1n) is 11.8. The van der Waals surface area contributed by atoms with E-state index in [-0.39, 0.29) is 5.91 Å². The largest absolute Gasteiger partial charge is 0.488 e. The van der Waals surface area contributed by atoms with Crippen LogP contribution < -0.4 is 10.1 Å². The zero-order chi connectivity index (χ0) is 25.8. The van der Waals surface area contributed by atoms with E-state index in [0.717, 1.165) is 51.8 Å². The van der Waals surface area contributed by atoms with Crippen LogP contribution in [0.15, 0.2) is 68.7 Å². The van der Waals surface area contributed by atoms with E-state index in [4.69, 9.17) is 37.3 Å². The van der Waals surface area contributed by atoms with E-state index in [9.17, 15) is 4.79 Å². The summed E-state index contributed by atoms with van der Waals surface area (Å²) in [5, 5.41) is 4.87. The second-order valence-electron chi connectivity index (χ2n) is 8.63. The van der Waals surface area contributed by atoms with Gasteiger partial charge in [0.2, 0.25) is 0 Å². The molecule has 0 fully saturated rings. The summed E-state index contributed by atoms with van der Waals surface area (Å²) in [5.41, 5.74) is 3.55. The summed E-state index contributed by atoms with van der Waals surface area (Å²) in [5.74, 6) is 1.29. The van der Waals surface area contributed by atoms with Gasteiger partial charge in [0, 0.05) is 26.7 Å². The monoisotopic (exact) mass is 616 g/mol. The lowest BCUT2D eigenvalue weighted by molar-refractivity contribution is 0.0948. The summed E-state index contributed by atoms with van der Waals surface area (Å²) < 4.78 is 12.1. The molecule has 4 aromatic rings. The lowest BCUT2D eigenvalue weighted by Crippen LogP contribution is -2.23. The molecular formula is C28H23BrCl2N2O3S. The molecule has 2 aromatic carbocycles. The van der Waals surface area contributed by atoms with Gasteiger partial charge in [-0.15, -0.1) is 11.3 Å². The Hall–Kier alpha value is -2.58. The van der Waals surface area contributed by atoms with Crippen molar-refractivity contribution >= 4 is 67.6 Å². The molecule has 190 valence electrons. The fraction of sp³-hybridized carbons (Fsp3) is 0.214. The minimum absolute atomic E-state index is 0.117. The molecular weight excluding hydrogens is 595 g/mol. The molecule has 0 bridgehead atoms. The third kappa shape index (κ3) is 6.29. The highest BCUT2D eigenvalue weighted by Gasteiger charge is 2.25. The molecule has 5 rings (SSSR count). The number of aliphatic imine (C=N–C) groups is 1. The summed E-state index contributed by atoms with van der Waals surface area (Å²) in [6.07, 6.45) is 7.50. The number of nitrogens with zero attached hydrogens (tertiary/aromatic N) is 1. The summed E-state index contributed by atoms with van der Waals surface area (Å²) in [7, 11) is 0. The predicted molar refractivity (Wildman–Crippen MR) is 153 cm³/mol. The second-order valence-corrected chi connectivity index (χ2v) is 11.4. The van der Waals surface area contributed by atoms with Gasteiger partial charge in [0.15, 0.2) is 0 Å². The number of ether oxygens (including phenoxy) is 1. The van der Waals surface area contributed by atoms with E-state index in [1.165, 1.54) is 4.88 Å². The van der Waals surface area contributed by atoms with E-state index < -0.39 is 0 Å². The lowest BCUT2D eigenvalue weighted by Gasteiger charge is -2.12. The van der Waals surface area contributed by atoms with Crippen LogP contribution in [-0.4, -0.2) is 12.1 Å². The summed E-state index contributed by atoms with van der Waals surface area (Å²) in [6.45, 7) is 0.661. The zero-order valence-corrected chi connectivity index (χ0v) is 23.6. The maximum atomic E-state index is 13.2. The molecule has 37 heavy (non-hydrogen) atoms. The van der Waals surface area contributed by atoms with Crippen LogP contribution in [0.5, 0.6) is 5.75 Å². The first-order chi connectivity index (χ1) is 18.0. The Morgan fingerprint density at radius 1 is 1.16 bits per heavy atom. The van der Waals surface area contributed by atoms with E-state index in [1.807, 2.05) is 36.4 Å². The van der Waals surface area contributed by atoms with E-state index in [1.54, 1.807) is 35.9 Å². The van der Waals surface area contributed by atoms with Crippen molar-refractivity contribution in [3.8, 4) is 5.75 Å². The summed E-state index contributed by atoms with van der Waals surface area (Å²) in [6, 6.07) is 14.7. The second kappa shape index (κ2) is 11.9. The molecule has 2 heterocycles. The zero-order valence-electron chi connectivity index (χ0n) is 19.7. The van der Waals surface area contributed by atoms with Gasteiger partial charge in [0.05, 0.1) is 22.8 Å². The van der Waals surface area contributed by atoms with Gasteiger partial charge < -0.3 is 14.5 Å². The quantitative estimate of drug-likeness (QED) is 0.201. The van der Waals surface area contributed by atoms with E-state index >= 15 is 0 Å². The molecule has 1 amide bonds. The fourth-order valence-electron chi connectivity index (χ4n) is 4.19. The van der Waals surface area contributed by atoms with Gasteiger partial charge in [0.25, 0.3) is 5.91 Å². The van der Waals surface area contributed by atoms with Crippen molar-refractivity contribution in [2.75, 3.05) is 0 Å². The van der Waals surface area contributed by atoms with E-state index in [2.05, 4.69) is 21.2 Å². The van der Waals surface area contributed by atoms with Crippen LogP contribution in [0.1, 0.15) is 50.5 Å². The average molecular weight is 618 g/mol. The molecule has 0 aliphatic heterocycles. The minimum atomic E-state index is -0.117. The number of fused-ring (bicyclic) bond motifs is 1. The number of carbonyl (C=O) groups is 1. The third-order valence-electron chi connectivity index (χ3n) is 6.07. The molecule has 1 aliphatic carbocycles. The number of benzene rings is 2. The number of nitrogens with one attached hydrogen (secondary N) is 1. The topological polar surface area (TPSA) is 63.8 Å². The van der Waals surface area contributed by atoms with Crippen LogP contribution in [0.3, 0.4) is 0 Å². The number of aryl methyl sites for hydroxylation is 1. The molecule has 1 N–H and O–H groups in total. The smallest absolute Gasteiger partial charge is 0.255 e. The van der Waals surface area contributed by atoms with Crippen LogP contribution in [0.25, 0.3) is 0 Å². The Balaban J connectivity index is 1.32. The number of amides is 1. The van der Waals surface area contributed by atoms with Crippen LogP contribution >= 0.6 is 50.5 Å². The molecule has 0 unspecified atom stereocenters. The highest BCUT2D eigenvalue weighted by atomic mass is 79.9. The van der Waals surface area contributed by atoms with Gasteiger partial charge in [-0.2, -0.15) is 0 Å². The van der Waals surface area contributed by atoms with Gasteiger partial charge >= 0.3 is 0 Å². The van der Waals surface area contributed by atoms with Gasteiger partial charge in [-0.25, -0.2) is 4.99 Å². The summed E-state index contributed by atoms with van der Waals surface area (Å²) in [4.78, 5) is 19.2. The van der Waals surface area contributed by atoms with Crippen LogP contribution in [0.2, 0.25) is 10.0 Å². The van der Waals surface area contributed by atoms with Crippen LogP contribution in [-0.2, 0) is 26.0 Å². The number of hydrogen-bond donors (Lipinski definition) is 1. The Kier molecular flexibility index (Phi) is 8.35. The molecule has 0 saturated heterocycles. The Morgan fingerprint density at radius 2 is 2.03 bits per heavy atom. The normalized spacial score (nSPS) is 13.1. The molecule has 1 aliphatic rings. The lowest BCUT2D eigenvalue weighted by atomic mass is 9.95. The minimum Gasteiger partial charge on any atom is -0.488 e. The maximum Gasteiger partial charge on any atom is 0.255 e. The van der Waals surface area contributed by atoms with Crippen molar-refractivity contribution in [3.05, 3.63) is 102 Å². The fourth-order valence-corrected chi connectivity index (χ4v) is 6.39. The van der Waals surface area contributed by atoms with Crippen molar-refractivity contribution in [1.82, 2.24) is 5.32 Å². The van der Waals surface area contributed by atoms with Crippen LogP contribution in [0.4, 0.5) is 5.00 Å². The first-order valence-corrected chi connectivity index (χ1v) is 14.2. The Morgan fingerprint density at radius 3 is 2.81 bits per heavy atom. The van der Waals surface area contributed by atoms with Gasteiger partial charge in [-0.05, 0) is 95.2 Å². The number of furan rings is 1. The SMILES string of the molecule is O=C(NCc1ccco1)c1c(N=Cc2ccc(OCc3ccc(Cl)cc3Cl)c(Br)c2)sc2c1CCCC2. The number of halogens is 3. The maximum absolute atomic E-state index is 13.2. The molecule has 0 saturated carbocycles. The molecule has 0 atom stereocenters. The number of hydrogen-bond acceptors (Lipinski definition) is 5. The highest BCUT2D eigenvalue weighted by Crippen LogP contribution is 2.40. The average Bonchev–Trinajstić information content (AvgIpc) is 3.54. The number of thiophene rings is 1. The van der Waals surface area contributed by atoms with Crippen LogP contribution in [0, 0.1) is 0 Å². The molecule has 0 spiro atoms. The van der Waals surface area contributed by atoms with Gasteiger partial charge in [0.1, 0.15) is 23.1 Å². The number of carbonyl (C=O) groups excluding carboxylic acids is 1. The third-order valence-corrected chi connectivity index (χ3v) is 8.47. The number of rotatable bonds is 8. The Labute approximate surface area is 237 Å². The van der Waals surface area contributed by atoms with E-state index in [0.29, 0.717) is 40.3 Å². The predicted octanol–water partition coefficient (Wildman–Crippen LogP) is 8.55. The van der Waals surface area contributed by atoms with Gasteiger partial charge in [-0.1, -0.05) is 29.3 Å². The highest BCUT2D eigenvalue weighted by molar-refractivity contribution is 9.10.